The van der Waals surface area contributed by atoms with Crippen molar-refractivity contribution in [3.63, 3.8) is 0 Å². The smallest absolute Gasteiger partial charge is 0.282 e. The molecule has 170 valence electrons. The van der Waals surface area contributed by atoms with Gasteiger partial charge in [-0.05, 0) is 60.7 Å². The van der Waals surface area contributed by atoms with Gasteiger partial charge in [0.05, 0.1) is 11.3 Å². The van der Waals surface area contributed by atoms with Gasteiger partial charge in [0, 0.05) is 24.8 Å². The number of benzene rings is 3. The van der Waals surface area contributed by atoms with Crippen LogP contribution in [0.15, 0.2) is 78.5 Å². The van der Waals surface area contributed by atoms with Gasteiger partial charge in [-0.3, -0.25) is 14.4 Å². The molecule has 0 radical (unpaired) electrons. The number of rotatable bonds is 4. The van der Waals surface area contributed by atoms with E-state index in [4.69, 9.17) is 0 Å². The molecule has 0 saturated carbocycles. The van der Waals surface area contributed by atoms with Crippen molar-refractivity contribution >= 4 is 40.4 Å². The number of imide groups is 1. The molecule has 2 heterocycles. The maximum absolute atomic E-state index is 13.9. The number of aryl methyl sites for hydroxylation is 2. The van der Waals surface area contributed by atoms with Gasteiger partial charge in [0.2, 0.25) is 5.91 Å². The first kappa shape index (κ1) is 21.6. The molecule has 3 amide bonds. The number of hydrogen-bond acceptors (Lipinski definition) is 4. The standard InChI is InChI=1S/C28H25N3O3/c1-18-8-3-5-11-23(18)31-27(33)25(21-13-15-22(16-14-21)29-19(2)32)26(28(31)34)30-17-7-10-20-9-4-6-12-24(20)30/h3-6,8-9,11-16H,7,10,17H2,1-2H3,(H,29,32). The van der Waals surface area contributed by atoms with Crippen LogP contribution in [-0.2, 0) is 20.8 Å². The molecule has 2 aliphatic heterocycles. The van der Waals surface area contributed by atoms with Crippen molar-refractivity contribution in [2.24, 2.45) is 0 Å². The predicted octanol–water partition coefficient (Wildman–Crippen LogP) is 4.69. The molecule has 3 aromatic carbocycles. The van der Waals surface area contributed by atoms with E-state index in [1.165, 1.54) is 11.8 Å². The van der Waals surface area contributed by atoms with Gasteiger partial charge in [-0.1, -0.05) is 48.5 Å². The molecule has 0 atom stereocenters. The second-order valence-electron chi connectivity index (χ2n) is 8.60. The zero-order valence-electron chi connectivity index (χ0n) is 19.2. The fraction of sp³-hybridized carbons (Fsp3) is 0.179. The molecular formula is C28H25N3O3. The average molecular weight is 452 g/mol. The van der Waals surface area contributed by atoms with E-state index >= 15 is 0 Å². The SMILES string of the molecule is CC(=O)Nc1ccc(C2=C(N3CCCc4ccccc43)C(=O)N(c3ccccc3C)C2=O)cc1. The highest BCUT2D eigenvalue weighted by Crippen LogP contribution is 2.40. The number of carbonyl (C=O) groups is 3. The number of fused-ring (bicyclic) bond motifs is 1. The fourth-order valence-corrected chi connectivity index (χ4v) is 4.75. The number of amides is 3. The van der Waals surface area contributed by atoms with Crippen LogP contribution in [-0.4, -0.2) is 24.3 Å². The van der Waals surface area contributed by atoms with E-state index < -0.39 is 0 Å². The van der Waals surface area contributed by atoms with Crippen LogP contribution in [0.4, 0.5) is 17.1 Å². The van der Waals surface area contributed by atoms with Gasteiger partial charge in [0.15, 0.2) is 0 Å². The summed E-state index contributed by atoms with van der Waals surface area (Å²) in [6.45, 7) is 3.99. The van der Waals surface area contributed by atoms with E-state index in [2.05, 4.69) is 11.4 Å². The second-order valence-corrected chi connectivity index (χ2v) is 8.60. The Morgan fingerprint density at radius 2 is 1.53 bits per heavy atom. The summed E-state index contributed by atoms with van der Waals surface area (Å²) in [5.41, 5.74) is 5.61. The van der Waals surface area contributed by atoms with Crippen molar-refractivity contribution in [3.05, 3.63) is 95.2 Å². The average Bonchev–Trinajstić information content (AvgIpc) is 3.09. The summed E-state index contributed by atoms with van der Waals surface area (Å²) in [7, 11) is 0. The Kier molecular flexibility index (Phi) is 5.49. The van der Waals surface area contributed by atoms with Gasteiger partial charge in [0.1, 0.15) is 5.70 Å². The molecule has 3 aromatic rings. The number of hydrogen-bond donors (Lipinski definition) is 1. The molecule has 2 aliphatic rings. The Hall–Kier alpha value is -4.19. The highest BCUT2D eigenvalue weighted by Gasteiger charge is 2.44. The van der Waals surface area contributed by atoms with Gasteiger partial charge in [-0.15, -0.1) is 0 Å². The summed E-state index contributed by atoms with van der Waals surface area (Å²) in [5, 5.41) is 2.74. The van der Waals surface area contributed by atoms with Gasteiger partial charge in [-0.25, -0.2) is 4.90 Å². The molecule has 6 nitrogen and oxygen atoms in total. The van der Waals surface area contributed by atoms with Crippen LogP contribution >= 0.6 is 0 Å². The highest BCUT2D eigenvalue weighted by atomic mass is 16.2. The zero-order chi connectivity index (χ0) is 23.8. The van der Waals surface area contributed by atoms with E-state index in [0.717, 1.165) is 29.7 Å². The summed E-state index contributed by atoms with van der Waals surface area (Å²) < 4.78 is 0. The van der Waals surface area contributed by atoms with E-state index in [0.29, 0.717) is 34.8 Å². The monoisotopic (exact) mass is 451 g/mol. The summed E-state index contributed by atoms with van der Waals surface area (Å²) >= 11 is 0. The Labute approximate surface area is 198 Å². The van der Waals surface area contributed by atoms with Crippen molar-refractivity contribution in [2.45, 2.75) is 26.7 Å². The van der Waals surface area contributed by atoms with Crippen LogP contribution in [0.1, 0.15) is 30.0 Å². The third-order valence-electron chi connectivity index (χ3n) is 6.29. The van der Waals surface area contributed by atoms with Crippen molar-refractivity contribution in [3.8, 4) is 0 Å². The van der Waals surface area contributed by atoms with Gasteiger partial charge in [0.25, 0.3) is 11.8 Å². The molecule has 0 fully saturated rings. The Bertz CT molecular complexity index is 1340. The number of nitrogens with zero attached hydrogens (tertiary/aromatic N) is 2. The normalized spacial score (nSPS) is 15.6. The highest BCUT2D eigenvalue weighted by molar-refractivity contribution is 6.46. The van der Waals surface area contributed by atoms with Crippen molar-refractivity contribution < 1.29 is 14.4 Å². The molecular weight excluding hydrogens is 426 g/mol. The molecule has 0 aliphatic carbocycles. The molecule has 34 heavy (non-hydrogen) atoms. The number of carbonyl (C=O) groups excluding carboxylic acids is 3. The number of nitrogens with one attached hydrogen (secondary N) is 1. The lowest BCUT2D eigenvalue weighted by molar-refractivity contribution is -0.120. The number of para-hydroxylation sites is 2. The van der Waals surface area contributed by atoms with Crippen molar-refractivity contribution in [1.29, 1.82) is 0 Å². The van der Waals surface area contributed by atoms with Crippen LogP contribution in [0.25, 0.3) is 5.57 Å². The first-order chi connectivity index (χ1) is 16.5. The van der Waals surface area contributed by atoms with Crippen LogP contribution in [0.3, 0.4) is 0 Å². The first-order valence-corrected chi connectivity index (χ1v) is 11.4. The molecule has 0 unspecified atom stereocenters. The van der Waals surface area contributed by atoms with Crippen molar-refractivity contribution in [1.82, 2.24) is 0 Å². The lowest BCUT2D eigenvalue weighted by Gasteiger charge is -2.32. The summed E-state index contributed by atoms with van der Waals surface area (Å²) in [4.78, 5) is 42.5. The van der Waals surface area contributed by atoms with E-state index in [-0.39, 0.29) is 17.7 Å². The Morgan fingerprint density at radius 1 is 0.853 bits per heavy atom. The molecule has 0 spiro atoms. The van der Waals surface area contributed by atoms with Gasteiger partial charge >= 0.3 is 0 Å². The molecule has 5 rings (SSSR count). The van der Waals surface area contributed by atoms with Crippen LogP contribution in [0.2, 0.25) is 0 Å². The Morgan fingerprint density at radius 3 is 2.24 bits per heavy atom. The van der Waals surface area contributed by atoms with Crippen LogP contribution in [0.5, 0.6) is 0 Å². The zero-order valence-corrected chi connectivity index (χ0v) is 19.2. The summed E-state index contributed by atoms with van der Waals surface area (Å²) in [6, 6.07) is 22.5. The maximum Gasteiger partial charge on any atom is 0.282 e. The quantitative estimate of drug-likeness (QED) is 0.585. The third kappa shape index (κ3) is 3.67. The largest absolute Gasteiger partial charge is 0.336 e. The van der Waals surface area contributed by atoms with E-state index in [1.807, 2.05) is 48.2 Å². The van der Waals surface area contributed by atoms with Crippen molar-refractivity contribution in [2.75, 3.05) is 21.7 Å². The second kappa shape index (κ2) is 8.63. The molecule has 1 N–H and O–H groups in total. The minimum atomic E-state index is -0.343. The lowest BCUT2D eigenvalue weighted by Crippen LogP contribution is -2.37. The van der Waals surface area contributed by atoms with E-state index in [1.54, 1.807) is 30.3 Å². The molecule has 0 aromatic heterocycles. The lowest BCUT2D eigenvalue weighted by atomic mass is 9.98. The maximum atomic E-state index is 13.9. The molecule has 6 heteroatoms. The minimum Gasteiger partial charge on any atom is -0.336 e. The number of anilines is 3. The first-order valence-electron chi connectivity index (χ1n) is 11.4. The van der Waals surface area contributed by atoms with Gasteiger partial charge in [-0.2, -0.15) is 0 Å². The topological polar surface area (TPSA) is 69.7 Å². The minimum absolute atomic E-state index is 0.171. The molecule has 0 bridgehead atoms. The van der Waals surface area contributed by atoms with Crippen LogP contribution in [0, 0.1) is 6.92 Å². The summed E-state index contributed by atoms with van der Waals surface area (Å²) in [5.74, 6) is -0.836. The molecule has 0 saturated heterocycles. The Balaban J connectivity index is 1.67. The van der Waals surface area contributed by atoms with E-state index in [9.17, 15) is 14.4 Å². The predicted molar refractivity (Wildman–Crippen MR) is 133 cm³/mol. The van der Waals surface area contributed by atoms with Crippen LogP contribution < -0.4 is 15.1 Å². The summed E-state index contributed by atoms with van der Waals surface area (Å²) in [6.07, 6.45) is 1.82. The van der Waals surface area contributed by atoms with Gasteiger partial charge < -0.3 is 10.2 Å². The third-order valence-corrected chi connectivity index (χ3v) is 6.29. The fourth-order valence-electron chi connectivity index (χ4n) is 4.75.